The number of esters is 1. The van der Waals surface area contributed by atoms with Crippen molar-refractivity contribution in [2.75, 3.05) is 6.54 Å². The van der Waals surface area contributed by atoms with Crippen molar-refractivity contribution in [1.29, 1.82) is 0 Å². The van der Waals surface area contributed by atoms with E-state index in [2.05, 4.69) is 11.3 Å². The van der Waals surface area contributed by atoms with Gasteiger partial charge in [0.2, 0.25) is 0 Å². The molecule has 0 amide bonds. The van der Waals surface area contributed by atoms with Gasteiger partial charge in [-0.05, 0) is 13.8 Å². The molecule has 1 rings (SSSR count). The summed E-state index contributed by atoms with van der Waals surface area (Å²) in [6.07, 6.45) is 5.10. The second-order valence-corrected chi connectivity index (χ2v) is 3.56. The van der Waals surface area contributed by atoms with Crippen LogP contribution in [-0.2, 0) is 9.53 Å². The molecule has 1 aliphatic heterocycles. The zero-order chi connectivity index (χ0) is 10.7. The summed E-state index contributed by atoms with van der Waals surface area (Å²) in [5.41, 5.74) is 3.17. The van der Waals surface area contributed by atoms with Gasteiger partial charge in [-0.15, -0.1) is 6.42 Å². The van der Waals surface area contributed by atoms with Gasteiger partial charge in [-0.2, -0.15) is 0 Å². The van der Waals surface area contributed by atoms with E-state index < -0.39 is 0 Å². The molecule has 1 fully saturated rings. The zero-order valence-corrected chi connectivity index (χ0v) is 8.78. The average molecular weight is 196 g/mol. The molecule has 78 valence electrons. The van der Waals surface area contributed by atoms with Gasteiger partial charge in [-0.3, -0.25) is 4.79 Å². The number of ether oxygens (including phenoxy) is 1. The summed E-state index contributed by atoms with van der Waals surface area (Å²) in [6, 6.07) is 0.229. The second kappa shape index (κ2) is 4.45. The minimum Gasteiger partial charge on any atom is -0.459 e. The molecular formula is C10H16N2O2. The number of hydrogen-bond donors (Lipinski definition) is 1. The molecule has 0 radical (unpaired) electrons. The molecule has 0 aromatic heterocycles. The van der Waals surface area contributed by atoms with Crippen LogP contribution in [0.2, 0.25) is 0 Å². The first kappa shape index (κ1) is 11.0. The standard InChI is InChI=1S/C10H16N2O2/c1-5-6-12-8(3)10(7(2)11-12)14-9(4)13/h1,7-8,10-11H,6H2,2-4H3. The van der Waals surface area contributed by atoms with Crippen LogP contribution in [0.4, 0.5) is 0 Å². The van der Waals surface area contributed by atoms with Crippen molar-refractivity contribution in [3.63, 3.8) is 0 Å². The van der Waals surface area contributed by atoms with E-state index in [-0.39, 0.29) is 24.2 Å². The van der Waals surface area contributed by atoms with Crippen LogP contribution in [0.3, 0.4) is 0 Å². The average Bonchev–Trinajstić information content (AvgIpc) is 2.33. The Labute approximate surface area is 84.6 Å². The lowest BCUT2D eigenvalue weighted by Gasteiger charge is -2.20. The van der Waals surface area contributed by atoms with Crippen LogP contribution in [0, 0.1) is 12.3 Å². The zero-order valence-electron chi connectivity index (χ0n) is 8.78. The summed E-state index contributed by atoms with van der Waals surface area (Å²) < 4.78 is 5.20. The molecule has 1 saturated heterocycles. The van der Waals surface area contributed by atoms with Crippen LogP contribution in [0.5, 0.6) is 0 Å². The first-order valence-corrected chi connectivity index (χ1v) is 4.69. The van der Waals surface area contributed by atoms with Crippen molar-refractivity contribution in [3.05, 3.63) is 0 Å². The maximum atomic E-state index is 10.8. The molecule has 14 heavy (non-hydrogen) atoms. The predicted molar refractivity (Wildman–Crippen MR) is 53.2 cm³/mol. The van der Waals surface area contributed by atoms with Gasteiger partial charge in [-0.25, -0.2) is 10.4 Å². The Bertz CT molecular complexity index is 259. The highest BCUT2D eigenvalue weighted by Gasteiger charge is 2.38. The van der Waals surface area contributed by atoms with E-state index in [1.54, 1.807) is 0 Å². The van der Waals surface area contributed by atoms with E-state index in [4.69, 9.17) is 11.2 Å². The number of rotatable bonds is 2. The molecule has 0 saturated carbocycles. The van der Waals surface area contributed by atoms with Gasteiger partial charge < -0.3 is 4.74 Å². The fraction of sp³-hybridized carbons (Fsp3) is 0.700. The highest BCUT2D eigenvalue weighted by molar-refractivity contribution is 5.66. The maximum Gasteiger partial charge on any atom is 0.303 e. The molecule has 0 aromatic rings. The lowest BCUT2D eigenvalue weighted by atomic mass is 10.1. The Balaban J connectivity index is 2.61. The van der Waals surface area contributed by atoms with Crippen molar-refractivity contribution >= 4 is 5.97 Å². The number of carbonyl (C=O) groups is 1. The quantitative estimate of drug-likeness (QED) is 0.504. The van der Waals surface area contributed by atoms with Crippen LogP contribution in [-0.4, -0.2) is 35.7 Å². The lowest BCUT2D eigenvalue weighted by molar-refractivity contribution is -0.147. The summed E-state index contributed by atoms with van der Waals surface area (Å²) in [5, 5.41) is 1.91. The Hall–Kier alpha value is -1.05. The van der Waals surface area contributed by atoms with Crippen molar-refractivity contribution in [3.8, 4) is 12.3 Å². The van der Waals surface area contributed by atoms with E-state index in [9.17, 15) is 4.79 Å². The topological polar surface area (TPSA) is 41.6 Å². The van der Waals surface area contributed by atoms with E-state index in [0.29, 0.717) is 6.54 Å². The number of nitrogens with one attached hydrogen (secondary N) is 1. The van der Waals surface area contributed by atoms with Gasteiger partial charge in [-0.1, -0.05) is 5.92 Å². The lowest BCUT2D eigenvalue weighted by Crippen LogP contribution is -2.38. The summed E-state index contributed by atoms with van der Waals surface area (Å²) in [6.45, 7) is 5.90. The third-order valence-electron chi connectivity index (χ3n) is 2.39. The van der Waals surface area contributed by atoms with Crippen molar-refractivity contribution in [1.82, 2.24) is 10.4 Å². The number of carbonyl (C=O) groups excluding carboxylic acids is 1. The van der Waals surface area contributed by atoms with E-state index in [1.165, 1.54) is 6.92 Å². The van der Waals surface area contributed by atoms with Crippen LogP contribution in [0.15, 0.2) is 0 Å². The third kappa shape index (κ3) is 2.25. The van der Waals surface area contributed by atoms with Crippen molar-refractivity contribution in [2.24, 2.45) is 0 Å². The number of hydrazine groups is 1. The van der Waals surface area contributed by atoms with Crippen LogP contribution < -0.4 is 5.43 Å². The highest BCUT2D eigenvalue weighted by Crippen LogP contribution is 2.17. The SMILES string of the molecule is C#CCN1NC(C)C(OC(C)=O)C1C. The Morgan fingerprint density at radius 2 is 2.29 bits per heavy atom. The fourth-order valence-corrected chi connectivity index (χ4v) is 1.73. The van der Waals surface area contributed by atoms with Gasteiger partial charge >= 0.3 is 5.97 Å². The number of hydrogen-bond acceptors (Lipinski definition) is 4. The monoisotopic (exact) mass is 196 g/mol. The van der Waals surface area contributed by atoms with E-state index in [0.717, 1.165) is 0 Å². The maximum absolute atomic E-state index is 10.8. The summed E-state index contributed by atoms with van der Waals surface area (Å²) >= 11 is 0. The Kier molecular flexibility index (Phi) is 3.50. The molecule has 3 atom stereocenters. The highest BCUT2D eigenvalue weighted by atomic mass is 16.5. The summed E-state index contributed by atoms with van der Waals surface area (Å²) in [4.78, 5) is 10.8. The molecule has 0 bridgehead atoms. The number of nitrogens with zero attached hydrogens (tertiary/aromatic N) is 1. The smallest absolute Gasteiger partial charge is 0.303 e. The van der Waals surface area contributed by atoms with Gasteiger partial charge in [0.05, 0.1) is 18.6 Å². The largest absolute Gasteiger partial charge is 0.459 e. The summed E-state index contributed by atoms with van der Waals surface area (Å²) in [7, 11) is 0. The molecule has 1 heterocycles. The molecule has 4 nitrogen and oxygen atoms in total. The molecular weight excluding hydrogens is 180 g/mol. The molecule has 1 N–H and O–H groups in total. The van der Waals surface area contributed by atoms with Gasteiger partial charge in [0, 0.05) is 6.92 Å². The minimum atomic E-state index is -0.252. The normalized spacial score (nSPS) is 32.6. The van der Waals surface area contributed by atoms with E-state index in [1.807, 2.05) is 18.9 Å². The molecule has 0 spiro atoms. The van der Waals surface area contributed by atoms with E-state index >= 15 is 0 Å². The van der Waals surface area contributed by atoms with Gasteiger partial charge in [0.1, 0.15) is 6.10 Å². The van der Waals surface area contributed by atoms with Crippen LogP contribution in [0.1, 0.15) is 20.8 Å². The fourth-order valence-electron chi connectivity index (χ4n) is 1.73. The molecule has 3 unspecified atom stereocenters. The molecule has 0 aromatic carbocycles. The number of terminal acetylenes is 1. The van der Waals surface area contributed by atoms with Gasteiger partial charge in [0.15, 0.2) is 0 Å². The molecule has 0 aliphatic carbocycles. The van der Waals surface area contributed by atoms with Crippen LogP contribution >= 0.6 is 0 Å². The van der Waals surface area contributed by atoms with Crippen molar-refractivity contribution < 1.29 is 9.53 Å². The predicted octanol–water partition coefficient (Wildman–Crippen LogP) is 0.148. The first-order chi connectivity index (χ1) is 6.56. The van der Waals surface area contributed by atoms with Crippen LogP contribution in [0.25, 0.3) is 0 Å². The minimum absolute atomic E-state index is 0.113. The first-order valence-electron chi connectivity index (χ1n) is 4.69. The summed E-state index contributed by atoms with van der Waals surface area (Å²) in [5.74, 6) is 2.31. The Morgan fingerprint density at radius 1 is 1.64 bits per heavy atom. The van der Waals surface area contributed by atoms with Gasteiger partial charge in [0.25, 0.3) is 0 Å². The molecule has 1 aliphatic rings. The van der Waals surface area contributed by atoms with Crippen molar-refractivity contribution in [2.45, 2.75) is 39.0 Å². The molecule has 4 heteroatoms. The second-order valence-electron chi connectivity index (χ2n) is 3.56. The third-order valence-corrected chi connectivity index (χ3v) is 2.39. The Morgan fingerprint density at radius 3 is 2.79 bits per heavy atom.